The van der Waals surface area contributed by atoms with Crippen molar-refractivity contribution in [3.8, 4) is 0 Å². The molecule has 2 amide bonds. The molecule has 0 unspecified atom stereocenters. The summed E-state index contributed by atoms with van der Waals surface area (Å²) in [5.74, 6) is -1.27. The molecule has 5 nitrogen and oxygen atoms in total. The van der Waals surface area contributed by atoms with Crippen LogP contribution in [0, 0.1) is 0 Å². The number of thiophene rings is 1. The van der Waals surface area contributed by atoms with Gasteiger partial charge in [0, 0.05) is 0 Å². The molecule has 0 aliphatic heterocycles. The molecule has 1 rings (SSSR count). The molecule has 17 heavy (non-hydrogen) atoms. The van der Waals surface area contributed by atoms with Crippen molar-refractivity contribution in [3.63, 3.8) is 0 Å². The van der Waals surface area contributed by atoms with Crippen molar-refractivity contribution in [1.29, 1.82) is 0 Å². The highest BCUT2D eigenvalue weighted by Crippen LogP contribution is 2.23. The van der Waals surface area contributed by atoms with Gasteiger partial charge in [0.05, 0.1) is 5.56 Å². The molecule has 0 spiro atoms. The first-order valence-corrected chi connectivity index (χ1v) is 5.10. The highest BCUT2D eigenvalue weighted by molar-refractivity contribution is 7.14. The Balaban J connectivity index is 2.57. The van der Waals surface area contributed by atoms with Crippen LogP contribution in [-0.4, -0.2) is 29.8 Å². The molecule has 0 bridgehead atoms. The summed E-state index contributed by atoms with van der Waals surface area (Å²) in [7, 11) is 0. The van der Waals surface area contributed by atoms with Gasteiger partial charge in [0.2, 0.25) is 0 Å². The SMILES string of the molecule is O=C(NCC(F)(F)F)Nc1sccc1C(=O)O. The van der Waals surface area contributed by atoms with Crippen LogP contribution >= 0.6 is 11.3 Å². The largest absolute Gasteiger partial charge is 0.478 e. The first-order valence-electron chi connectivity index (χ1n) is 4.22. The van der Waals surface area contributed by atoms with E-state index in [9.17, 15) is 22.8 Å². The zero-order chi connectivity index (χ0) is 13.1. The Labute approximate surface area is 97.2 Å². The van der Waals surface area contributed by atoms with Crippen molar-refractivity contribution in [2.45, 2.75) is 6.18 Å². The van der Waals surface area contributed by atoms with Gasteiger partial charge in [-0.15, -0.1) is 11.3 Å². The van der Waals surface area contributed by atoms with Gasteiger partial charge in [-0.25, -0.2) is 9.59 Å². The van der Waals surface area contributed by atoms with Gasteiger partial charge >= 0.3 is 18.2 Å². The minimum absolute atomic E-state index is 0.0165. The summed E-state index contributed by atoms with van der Waals surface area (Å²) >= 11 is 0.906. The van der Waals surface area contributed by atoms with E-state index >= 15 is 0 Å². The molecule has 0 aromatic carbocycles. The minimum Gasteiger partial charge on any atom is -0.478 e. The number of anilines is 1. The molecular weight excluding hydrogens is 261 g/mol. The summed E-state index contributed by atoms with van der Waals surface area (Å²) in [6.07, 6.45) is -4.51. The fourth-order valence-electron chi connectivity index (χ4n) is 0.902. The van der Waals surface area contributed by atoms with Crippen LogP contribution in [0.1, 0.15) is 10.4 Å². The number of halogens is 3. The van der Waals surface area contributed by atoms with Crippen molar-refractivity contribution in [1.82, 2.24) is 5.32 Å². The molecule has 1 aromatic rings. The van der Waals surface area contributed by atoms with Crippen molar-refractivity contribution in [2.24, 2.45) is 0 Å². The Morgan fingerprint density at radius 2 is 2.06 bits per heavy atom. The van der Waals surface area contributed by atoms with Crippen molar-refractivity contribution >= 4 is 28.3 Å². The smallest absolute Gasteiger partial charge is 0.405 e. The number of hydrogen-bond donors (Lipinski definition) is 3. The summed E-state index contributed by atoms with van der Waals surface area (Å²) in [4.78, 5) is 21.7. The molecule has 94 valence electrons. The maximum atomic E-state index is 11.8. The van der Waals surface area contributed by atoms with Crippen LogP contribution in [-0.2, 0) is 0 Å². The lowest BCUT2D eigenvalue weighted by molar-refractivity contribution is -0.122. The molecule has 3 N–H and O–H groups in total. The molecule has 0 radical (unpaired) electrons. The number of nitrogens with one attached hydrogen (secondary N) is 2. The van der Waals surface area contributed by atoms with E-state index in [4.69, 9.17) is 5.11 Å². The Morgan fingerprint density at radius 3 is 2.59 bits per heavy atom. The molecule has 0 aliphatic rings. The topological polar surface area (TPSA) is 78.4 Å². The third-order valence-corrected chi connectivity index (χ3v) is 2.40. The van der Waals surface area contributed by atoms with Gasteiger partial charge in [-0.05, 0) is 11.4 Å². The van der Waals surface area contributed by atoms with E-state index in [2.05, 4.69) is 0 Å². The van der Waals surface area contributed by atoms with Crippen LogP contribution in [0.15, 0.2) is 11.4 Å². The summed E-state index contributed by atoms with van der Waals surface area (Å²) in [5, 5.41) is 13.7. The number of carboxylic acids is 1. The quantitative estimate of drug-likeness (QED) is 0.785. The second kappa shape index (κ2) is 5.04. The minimum atomic E-state index is -4.51. The van der Waals surface area contributed by atoms with Crippen LogP contribution in [0.2, 0.25) is 0 Å². The standard InChI is InChI=1S/C8H7F3N2O3S/c9-8(10,11)3-12-7(16)13-5-4(6(14)15)1-2-17-5/h1-2H,3H2,(H,14,15)(H2,12,13,16). The number of alkyl halides is 3. The van der Waals surface area contributed by atoms with Gasteiger partial charge in [-0.3, -0.25) is 5.32 Å². The third kappa shape index (κ3) is 4.31. The Bertz CT molecular complexity index is 430. The van der Waals surface area contributed by atoms with Crippen molar-refractivity contribution in [3.05, 3.63) is 17.0 Å². The van der Waals surface area contributed by atoms with E-state index in [0.29, 0.717) is 0 Å². The number of amides is 2. The predicted octanol–water partition coefficient (Wildman–Crippen LogP) is 2.13. The van der Waals surface area contributed by atoms with E-state index in [1.165, 1.54) is 11.4 Å². The molecular formula is C8H7F3N2O3S. The average molecular weight is 268 g/mol. The lowest BCUT2D eigenvalue weighted by Crippen LogP contribution is -2.36. The lowest BCUT2D eigenvalue weighted by Gasteiger charge is -2.09. The van der Waals surface area contributed by atoms with Crippen LogP contribution in [0.4, 0.5) is 23.0 Å². The van der Waals surface area contributed by atoms with Crippen molar-refractivity contribution in [2.75, 3.05) is 11.9 Å². The zero-order valence-electron chi connectivity index (χ0n) is 8.17. The van der Waals surface area contributed by atoms with E-state index < -0.39 is 24.7 Å². The van der Waals surface area contributed by atoms with Crippen LogP contribution in [0.5, 0.6) is 0 Å². The number of rotatable bonds is 3. The van der Waals surface area contributed by atoms with E-state index in [1.807, 2.05) is 5.32 Å². The number of aromatic carboxylic acids is 1. The zero-order valence-corrected chi connectivity index (χ0v) is 8.98. The number of carbonyl (C=O) groups excluding carboxylic acids is 1. The van der Waals surface area contributed by atoms with Gasteiger partial charge in [0.15, 0.2) is 0 Å². The summed E-state index contributed by atoms with van der Waals surface area (Å²) in [6, 6.07) is 0.138. The van der Waals surface area contributed by atoms with Gasteiger partial charge in [0.25, 0.3) is 0 Å². The lowest BCUT2D eigenvalue weighted by atomic mass is 10.3. The molecule has 0 aliphatic carbocycles. The Kier molecular flexibility index (Phi) is 3.94. The predicted molar refractivity (Wildman–Crippen MR) is 54.4 cm³/mol. The van der Waals surface area contributed by atoms with Crippen LogP contribution in [0.25, 0.3) is 0 Å². The number of urea groups is 1. The first-order chi connectivity index (χ1) is 7.79. The van der Waals surface area contributed by atoms with Gasteiger partial charge in [-0.2, -0.15) is 13.2 Å². The van der Waals surface area contributed by atoms with Gasteiger partial charge < -0.3 is 10.4 Å². The molecule has 9 heteroatoms. The van der Waals surface area contributed by atoms with E-state index in [-0.39, 0.29) is 10.6 Å². The average Bonchev–Trinajstić information content (AvgIpc) is 2.62. The molecule has 0 saturated heterocycles. The number of carbonyl (C=O) groups is 2. The summed E-state index contributed by atoms with van der Waals surface area (Å²) < 4.78 is 35.3. The van der Waals surface area contributed by atoms with Gasteiger partial charge in [0.1, 0.15) is 11.5 Å². The second-order valence-electron chi connectivity index (χ2n) is 2.89. The van der Waals surface area contributed by atoms with Gasteiger partial charge in [-0.1, -0.05) is 0 Å². The molecule has 1 aromatic heterocycles. The number of hydrogen-bond acceptors (Lipinski definition) is 3. The first kappa shape index (κ1) is 13.3. The fourth-order valence-corrected chi connectivity index (χ4v) is 1.68. The van der Waals surface area contributed by atoms with E-state index in [0.717, 1.165) is 11.3 Å². The third-order valence-electron chi connectivity index (χ3n) is 1.57. The molecule has 1 heterocycles. The highest BCUT2D eigenvalue weighted by Gasteiger charge is 2.27. The molecule has 0 fully saturated rings. The molecule has 0 atom stereocenters. The Hall–Kier alpha value is -1.77. The number of carboxylic acid groups (broad SMARTS) is 1. The summed E-state index contributed by atoms with van der Waals surface area (Å²) in [5.41, 5.74) is -0.169. The van der Waals surface area contributed by atoms with E-state index in [1.54, 1.807) is 5.32 Å². The fraction of sp³-hybridized carbons (Fsp3) is 0.250. The monoisotopic (exact) mass is 268 g/mol. The maximum Gasteiger partial charge on any atom is 0.405 e. The molecule has 0 saturated carbocycles. The van der Waals surface area contributed by atoms with Crippen molar-refractivity contribution < 1.29 is 27.9 Å². The second-order valence-corrected chi connectivity index (χ2v) is 3.81. The van der Waals surface area contributed by atoms with Crippen LogP contribution < -0.4 is 10.6 Å². The van der Waals surface area contributed by atoms with Crippen LogP contribution in [0.3, 0.4) is 0 Å². The highest BCUT2D eigenvalue weighted by atomic mass is 32.1. The Morgan fingerprint density at radius 1 is 1.41 bits per heavy atom. The normalized spacial score (nSPS) is 11.0. The summed E-state index contributed by atoms with van der Waals surface area (Å²) in [6.45, 7) is -1.48. The maximum absolute atomic E-state index is 11.8.